The van der Waals surface area contributed by atoms with Gasteiger partial charge in [0.15, 0.2) is 9.84 Å². The summed E-state index contributed by atoms with van der Waals surface area (Å²) in [5.41, 5.74) is 0.760. The Bertz CT molecular complexity index is 945. The molecule has 2 amide bonds. The lowest BCUT2D eigenvalue weighted by Gasteiger charge is -2.23. The lowest BCUT2D eigenvalue weighted by atomic mass is 10.2. The third-order valence-electron chi connectivity index (χ3n) is 4.32. The van der Waals surface area contributed by atoms with E-state index in [4.69, 9.17) is 23.8 Å². The van der Waals surface area contributed by atoms with E-state index in [1.165, 1.54) is 4.90 Å². The number of benzene rings is 1. The average Bonchev–Trinajstić information content (AvgIpc) is 3.05. The van der Waals surface area contributed by atoms with Crippen molar-refractivity contribution in [1.82, 2.24) is 10.2 Å². The van der Waals surface area contributed by atoms with Crippen LogP contribution in [-0.4, -0.2) is 53.0 Å². The van der Waals surface area contributed by atoms with Crippen molar-refractivity contribution in [2.45, 2.75) is 25.4 Å². The molecule has 3 rings (SSSR count). The van der Waals surface area contributed by atoms with Crippen LogP contribution in [0.15, 0.2) is 29.2 Å². The molecule has 1 N–H and O–H groups in total. The molecule has 1 aromatic rings. The maximum atomic E-state index is 12.7. The van der Waals surface area contributed by atoms with E-state index in [0.717, 1.165) is 17.3 Å². The summed E-state index contributed by atoms with van der Waals surface area (Å²) in [7, 11) is -3.10. The number of sulfone groups is 1. The molecule has 2 aliphatic heterocycles. The van der Waals surface area contributed by atoms with Crippen LogP contribution in [-0.2, 0) is 19.4 Å². The Morgan fingerprint density at radius 3 is 2.85 bits per heavy atom. The molecule has 0 spiro atoms. The zero-order valence-electron chi connectivity index (χ0n) is 14.3. The summed E-state index contributed by atoms with van der Waals surface area (Å²) >= 11 is 12.4. The zero-order valence-corrected chi connectivity index (χ0v) is 17.6. The van der Waals surface area contributed by atoms with E-state index in [1.807, 2.05) is 6.07 Å². The highest BCUT2D eigenvalue weighted by molar-refractivity contribution is 8.26. The summed E-state index contributed by atoms with van der Waals surface area (Å²) < 4.78 is 23.4. The molecule has 2 atom stereocenters. The highest BCUT2D eigenvalue weighted by Gasteiger charge is 2.39. The highest BCUT2D eigenvalue weighted by atomic mass is 35.5. The SMILES string of the molecule is CC(C(=O)NC1CCS(=O)(=O)C1)N1C(=O)C(=Cc2cccc(Cl)c2)SC1=S. The molecule has 6 nitrogen and oxygen atoms in total. The Hall–Kier alpha value is -1.42. The smallest absolute Gasteiger partial charge is 0.266 e. The number of carbonyl (C=O) groups is 2. The van der Waals surface area contributed by atoms with Crippen LogP contribution < -0.4 is 5.32 Å². The standard InChI is InChI=1S/C17H17ClN2O4S3/c1-10(15(21)19-13-5-6-27(23,24)9-13)20-16(22)14(26-17(20)25)8-11-3-2-4-12(18)7-11/h2-4,7-8,10,13H,5-6,9H2,1H3,(H,19,21). The third kappa shape index (κ3) is 4.71. The molecule has 1 aromatic carbocycles. The van der Waals surface area contributed by atoms with Crippen molar-refractivity contribution < 1.29 is 18.0 Å². The van der Waals surface area contributed by atoms with E-state index in [9.17, 15) is 18.0 Å². The van der Waals surface area contributed by atoms with E-state index in [-0.39, 0.29) is 21.7 Å². The van der Waals surface area contributed by atoms with Crippen molar-refractivity contribution in [2.24, 2.45) is 0 Å². The lowest BCUT2D eigenvalue weighted by molar-refractivity contribution is -0.132. The number of nitrogens with zero attached hydrogens (tertiary/aromatic N) is 1. The maximum absolute atomic E-state index is 12.7. The highest BCUT2D eigenvalue weighted by Crippen LogP contribution is 2.34. The Morgan fingerprint density at radius 1 is 1.48 bits per heavy atom. The number of amides is 2. The summed E-state index contributed by atoms with van der Waals surface area (Å²) in [6.07, 6.45) is 2.06. The van der Waals surface area contributed by atoms with E-state index in [0.29, 0.717) is 16.3 Å². The Labute approximate surface area is 172 Å². The van der Waals surface area contributed by atoms with Crippen molar-refractivity contribution in [3.05, 3.63) is 39.8 Å². The van der Waals surface area contributed by atoms with Gasteiger partial charge in [-0.15, -0.1) is 0 Å². The van der Waals surface area contributed by atoms with Gasteiger partial charge in [-0.05, 0) is 37.1 Å². The molecule has 0 radical (unpaired) electrons. The van der Waals surface area contributed by atoms with Gasteiger partial charge in [-0.1, -0.05) is 47.7 Å². The molecular formula is C17H17ClN2O4S3. The minimum Gasteiger partial charge on any atom is -0.351 e. The first kappa shape index (κ1) is 20.3. The van der Waals surface area contributed by atoms with Crippen LogP contribution in [0.1, 0.15) is 18.9 Å². The van der Waals surface area contributed by atoms with Gasteiger partial charge >= 0.3 is 0 Å². The molecule has 2 heterocycles. The first-order valence-corrected chi connectivity index (χ1v) is 11.6. The monoisotopic (exact) mass is 444 g/mol. The molecule has 10 heteroatoms. The second kappa shape index (κ2) is 7.90. The first-order valence-electron chi connectivity index (χ1n) is 8.20. The van der Waals surface area contributed by atoms with Crippen LogP contribution in [0, 0.1) is 0 Å². The van der Waals surface area contributed by atoms with Crippen molar-refractivity contribution in [3.63, 3.8) is 0 Å². The molecule has 0 aromatic heterocycles. The second-order valence-electron chi connectivity index (χ2n) is 6.39. The van der Waals surface area contributed by atoms with E-state index < -0.39 is 27.8 Å². The fraction of sp³-hybridized carbons (Fsp3) is 0.353. The topological polar surface area (TPSA) is 83.6 Å². The minimum atomic E-state index is -3.10. The fourth-order valence-electron chi connectivity index (χ4n) is 2.91. The molecule has 2 saturated heterocycles. The van der Waals surface area contributed by atoms with Crippen molar-refractivity contribution >= 4 is 67.6 Å². The molecule has 0 saturated carbocycles. The van der Waals surface area contributed by atoms with Crippen LogP contribution in [0.3, 0.4) is 0 Å². The number of carbonyl (C=O) groups excluding carboxylic acids is 2. The van der Waals surface area contributed by atoms with Crippen LogP contribution in [0.5, 0.6) is 0 Å². The van der Waals surface area contributed by atoms with Gasteiger partial charge in [-0.3, -0.25) is 14.5 Å². The molecule has 0 bridgehead atoms. The number of rotatable bonds is 4. The quantitative estimate of drug-likeness (QED) is 0.566. The number of thiocarbonyl (C=S) groups is 1. The zero-order chi connectivity index (χ0) is 19.8. The van der Waals surface area contributed by atoms with Crippen LogP contribution in [0.25, 0.3) is 6.08 Å². The summed E-state index contributed by atoms with van der Waals surface area (Å²) in [4.78, 5) is 26.9. The summed E-state index contributed by atoms with van der Waals surface area (Å²) in [6.45, 7) is 1.58. The number of thioether (sulfide) groups is 1. The number of hydrogen-bond donors (Lipinski definition) is 1. The van der Waals surface area contributed by atoms with Crippen LogP contribution >= 0.6 is 35.6 Å². The fourth-order valence-corrected chi connectivity index (χ4v) is 6.20. The van der Waals surface area contributed by atoms with Gasteiger partial charge in [0.05, 0.1) is 16.4 Å². The normalized spacial score (nSPS) is 24.4. The summed E-state index contributed by atoms with van der Waals surface area (Å²) in [6, 6.07) is 5.80. The molecule has 2 fully saturated rings. The van der Waals surface area contributed by atoms with Gasteiger partial charge in [0.2, 0.25) is 5.91 Å². The van der Waals surface area contributed by atoms with E-state index in [1.54, 1.807) is 31.2 Å². The van der Waals surface area contributed by atoms with E-state index in [2.05, 4.69) is 5.32 Å². The number of nitrogens with one attached hydrogen (secondary N) is 1. The molecular weight excluding hydrogens is 428 g/mol. The summed E-state index contributed by atoms with van der Waals surface area (Å²) in [5.74, 6) is -0.780. The van der Waals surface area contributed by atoms with Gasteiger partial charge < -0.3 is 5.32 Å². The third-order valence-corrected chi connectivity index (χ3v) is 7.65. The van der Waals surface area contributed by atoms with E-state index >= 15 is 0 Å². The lowest BCUT2D eigenvalue weighted by Crippen LogP contribution is -2.50. The van der Waals surface area contributed by atoms with Crippen molar-refractivity contribution in [1.29, 1.82) is 0 Å². The van der Waals surface area contributed by atoms with Crippen molar-refractivity contribution in [3.8, 4) is 0 Å². The van der Waals surface area contributed by atoms with Crippen LogP contribution in [0.2, 0.25) is 5.02 Å². The van der Waals surface area contributed by atoms with Gasteiger partial charge in [0, 0.05) is 11.1 Å². The predicted molar refractivity (Wildman–Crippen MR) is 111 cm³/mol. The Kier molecular flexibility index (Phi) is 5.95. The molecule has 144 valence electrons. The maximum Gasteiger partial charge on any atom is 0.266 e. The minimum absolute atomic E-state index is 0.0652. The van der Waals surface area contributed by atoms with Gasteiger partial charge in [0.1, 0.15) is 10.4 Å². The Balaban J connectivity index is 1.71. The predicted octanol–water partition coefficient (Wildman–Crippen LogP) is 2.23. The molecule has 27 heavy (non-hydrogen) atoms. The van der Waals surface area contributed by atoms with Crippen molar-refractivity contribution in [2.75, 3.05) is 11.5 Å². The largest absolute Gasteiger partial charge is 0.351 e. The second-order valence-corrected chi connectivity index (χ2v) is 10.7. The Morgan fingerprint density at radius 2 is 2.22 bits per heavy atom. The van der Waals surface area contributed by atoms with Crippen LogP contribution in [0.4, 0.5) is 0 Å². The first-order chi connectivity index (χ1) is 12.7. The van der Waals surface area contributed by atoms with Gasteiger partial charge in [-0.25, -0.2) is 8.42 Å². The molecule has 2 aliphatic rings. The summed E-state index contributed by atoms with van der Waals surface area (Å²) in [5, 5.41) is 3.26. The number of halogens is 1. The molecule has 0 aliphatic carbocycles. The molecule has 2 unspecified atom stereocenters. The number of hydrogen-bond acceptors (Lipinski definition) is 6. The average molecular weight is 445 g/mol. The van der Waals surface area contributed by atoms with Gasteiger partial charge in [-0.2, -0.15) is 0 Å². The van der Waals surface area contributed by atoms with Gasteiger partial charge in [0.25, 0.3) is 5.91 Å².